The van der Waals surface area contributed by atoms with Crippen LogP contribution in [0, 0.1) is 0 Å². The van der Waals surface area contributed by atoms with E-state index in [0.29, 0.717) is 25.2 Å². The molecule has 50 valence electrons. The third-order valence-corrected chi connectivity index (χ3v) is 2.12. The predicted molar refractivity (Wildman–Crippen MR) is 32.2 cm³/mol. The molecule has 2 rings (SSSR count). The van der Waals surface area contributed by atoms with Crippen LogP contribution in [0.15, 0.2) is 0 Å². The van der Waals surface area contributed by atoms with Gasteiger partial charge in [0.25, 0.3) is 0 Å². The van der Waals surface area contributed by atoms with E-state index in [4.69, 9.17) is 4.74 Å². The number of ketones is 1. The maximum absolute atomic E-state index is 10.8. The first-order valence-electron chi connectivity index (χ1n) is 3.46. The van der Waals surface area contributed by atoms with Gasteiger partial charge in [-0.3, -0.25) is 4.79 Å². The molecule has 2 nitrogen and oxygen atoms in total. The average molecular weight is 126 g/mol. The lowest BCUT2D eigenvalue weighted by Gasteiger charge is -2.20. The van der Waals surface area contributed by atoms with Crippen molar-refractivity contribution in [2.45, 2.75) is 31.3 Å². The van der Waals surface area contributed by atoms with Gasteiger partial charge in [-0.05, 0) is 12.8 Å². The molecule has 1 heterocycles. The Kier molecular flexibility index (Phi) is 0.943. The SMILES string of the molecule is O=C1CCOC2(CC2)C1. The zero-order chi connectivity index (χ0) is 6.32. The molecule has 1 aliphatic heterocycles. The average Bonchev–Trinajstić information content (AvgIpc) is 2.49. The topological polar surface area (TPSA) is 26.3 Å². The third kappa shape index (κ3) is 0.874. The maximum atomic E-state index is 10.8. The first-order valence-corrected chi connectivity index (χ1v) is 3.46. The number of carbonyl (C=O) groups excluding carboxylic acids is 1. The Morgan fingerprint density at radius 2 is 2.22 bits per heavy atom. The van der Waals surface area contributed by atoms with E-state index in [1.807, 2.05) is 0 Å². The summed E-state index contributed by atoms with van der Waals surface area (Å²) in [7, 11) is 0. The second-order valence-corrected chi connectivity index (χ2v) is 3.00. The van der Waals surface area contributed by atoms with Gasteiger partial charge in [-0.1, -0.05) is 0 Å². The van der Waals surface area contributed by atoms with Crippen LogP contribution in [0.1, 0.15) is 25.7 Å². The normalized spacial score (nSPS) is 30.9. The van der Waals surface area contributed by atoms with Crippen LogP contribution in [-0.2, 0) is 9.53 Å². The van der Waals surface area contributed by atoms with Gasteiger partial charge < -0.3 is 4.74 Å². The molecule has 0 aromatic carbocycles. The van der Waals surface area contributed by atoms with Crippen molar-refractivity contribution in [2.75, 3.05) is 6.61 Å². The molecular weight excluding hydrogens is 116 g/mol. The summed E-state index contributed by atoms with van der Waals surface area (Å²) >= 11 is 0. The number of ether oxygens (including phenoxy) is 1. The molecule has 2 aliphatic rings. The number of rotatable bonds is 0. The fourth-order valence-electron chi connectivity index (χ4n) is 1.34. The molecule has 0 aromatic heterocycles. The van der Waals surface area contributed by atoms with Crippen molar-refractivity contribution in [1.29, 1.82) is 0 Å². The van der Waals surface area contributed by atoms with Crippen LogP contribution in [0.4, 0.5) is 0 Å². The van der Waals surface area contributed by atoms with Crippen molar-refractivity contribution >= 4 is 5.78 Å². The molecule has 9 heavy (non-hydrogen) atoms. The summed E-state index contributed by atoms with van der Waals surface area (Å²) < 4.78 is 5.43. The van der Waals surface area contributed by atoms with E-state index in [1.165, 1.54) is 0 Å². The second kappa shape index (κ2) is 1.57. The lowest BCUT2D eigenvalue weighted by molar-refractivity contribution is -0.130. The Morgan fingerprint density at radius 1 is 1.44 bits per heavy atom. The first-order chi connectivity index (χ1) is 4.31. The molecule has 0 radical (unpaired) electrons. The molecule has 2 heteroatoms. The fraction of sp³-hybridized carbons (Fsp3) is 0.857. The minimum Gasteiger partial charge on any atom is -0.374 e. The van der Waals surface area contributed by atoms with Crippen molar-refractivity contribution in [3.63, 3.8) is 0 Å². The van der Waals surface area contributed by atoms with E-state index in [1.54, 1.807) is 0 Å². The van der Waals surface area contributed by atoms with E-state index in [-0.39, 0.29) is 5.60 Å². The standard InChI is InChI=1S/C7H10O2/c8-6-1-4-9-7(5-6)2-3-7/h1-5H2. The highest BCUT2D eigenvalue weighted by atomic mass is 16.5. The van der Waals surface area contributed by atoms with Crippen LogP contribution in [-0.4, -0.2) is 18.0 Å². The minimum atomic E-state index is 0.0509. The van der Waals surface area contributed by atoms with Gasteiger partial charge in [-0.2, -0.15) is 0 Å². The maximum Gasteiger partial charge on any atom is 0.138 e. The summed E-state index contributed by atoms with van der Waals surface area (Å²) in [5, 5.41) is 0. The summed E-state index contributed by atoms with van der Waals surface area (Å²) in [4.78, 5) is 10.8. The quantitative estimate of drug-likeness (QED) is 0.482. The van der Waals surface area contributed by atoms with E-state index in [2.05, 4.69) is 0 Å². The van der Waals surface area contributed by atoms with Crippen LogP contribution in [0.3, 0.4) is 0 Å². The highest BCUT2D eigenvalue weighted by molar-refractivity contribution is 5.80. The first kappa shape index (κ1) is 5.42. The van der Waals surface area contributed by atoms with Crippen molar-refractivity contribution in [2.24, 2.45) is 0 Å². The predicted octanol–water partition coefficient (Wildman–Crippen LogP) is 0.898. The monoisotopic (exact) mass is 126 g/mol. The summed E-state index contributed by atoms with van der Waals surface area (Å²) in [6, 6.07) is 0. The van der Waals surface area contributed by atoms with Gasteiger partial charge in [0, 0.05) is 12.8 Å². The largest absolute Gasteiger partial charge is 0.374 e. The lowest BCUT2D eigenvalue weighted by atomic mass is 10.1. The lowest BCUT2D eigenvalue weighted by Crippen LogP contribution is -2.26. The summed E-state index contributed by atoms with van der Waals surface area (Å²) in [5.41, 5.74) is 0.0509. The van der Waals surface area contributed by atoms with Gasteiger partial charge >= 0.3 is 0 Å². The van der Waals surface area contributed by atoms with Gasteiger partial charge in [0.1, 0.15) is 5.78 Å². The van der Waals surface area contributed by atoms with Crippen LogP contribution >= 0.6 is 0 Å². The molecule has 0 N–H and O–H groups in total. The third-order valence-electron chi connectivity index (χ3n) is 2.12. The van der Waals surface area contributed by atoms with Crippen LogP contribution in [0.5, 0.6) is 0 Å². The Morgan fingerprint density at radius 3 is 2.67 bits per heavy atom. The molecule has 1 saturated carbocycles. The zero-order valence-electron chi connectivity index (χ0n) is 5.35. The van der Waals surface area contributed by atoms with Gasteiger partial charge in [0.15, 0.2) is 0 Å². The molecule has 0 amide bonds. The second-order valence-electron chi connectivity index (χ2n) is 3.00. The number of hydrogen-bond donors (Lipinski definition) is 0. The minimum absolute atomic E-state index is 0.0509. The summed E-state index contributed by atoms with van der Waals surface area (Å²) in [6.07, 6.45) is 3.55. The molecule has 0 aromatic rings. The van der Waals surface area contributed by atoms with Crippen LogP contribution < -0.4 is 0 Å². The van der Waals surface area contributed by atoms with Crippen molar-refractivity contribution in [3.8, 4) is 0 Å². The van der Waals surface area contributed by atoms with Crippen molar-refractivity contribution in [1.82, 2.24) is 0 Å². The van der Waals surface area contributed by atoms with Crippen molar-refractivity contribution in [3.05, 3.63) is 0 Å². The molecule has 0 atom stereocenters. The molecule has 2 fully saturated rings. The Balaban J connectivity index is 2.04. The Hall–Kier alpha value is -0.370. The molecular formula is C7H10O2. The molecule has 0 unspecified atom stereocenters. The molecule has 1 aliphatic carbocycles. The van der Waals surface area contributed by atoms with E-state index in [9.17, 15) is 4.79 Å². The van der Waals surface area contributed by atoms with E-state index >= 15 is 0 Å². The van der Waals surface area contributed by atoms with Gasteiger partial charge in [-0.15, -0.1) is 0 Å². The highest BCUT2D eigenvalue weighted by Gasteiger charge is 2.47. The number of hydrogen-bond acceptors (Lipinski definition) is 2. The fourth-order valence-corrected chi connectivity index (χ4v) is 1.34. The molecule has 1 spiro atoms. The van der Waals surface area contributed by atoms with E-state index in [0.717, 1.165) is 12.8 Å². The molecule has 1 saturated heterocycles. The number of carbonyl (C=O) groups is 1. The number of Topliss-reactive ketones (excluding diaryl/α,β-unsaturated/α-hetero) is 1. The van der Waals surface area contributed by atoms with Gasteiger partial charge in [-0.25, -0.2) is 0 Å². The van der Waals surface area contributed by atoms with Gasteiger partial charge in [0.2, 0.25) is 0 Å². The van der Waals surface area contributed by atoms with Crippen LogP contribution in [0.2, 0.25) is 0 Å². The summed E-state index contributed by atoms with van der Waals surface area (Å²) in [6.45, 7) is 0.666. The Labute approximate surface area is 54.2 Å². The molecule has 0 bridgehead atoms. The Bertz CT molecular complexity index is 147. The summed E-state index contributed by atoms with van der Waals surface area (Å²) in [5.74, 6) is 0.388. The van der Waals surface area contributed by atoms with E-state index < -0.39 is 0 Å². The highest BCUT2D eigenvalue weighted by Crippen LogP contribution is 2.44. The zero-order valence-corrected chi connectivity index (χ0v) is 5.35. The van der Waals surface area contributed by atoms with Crippen LogP contribution in [0.25, 0.3) is 0 Å². The van der Waals surface area contributed by atoms with Gasteiger partial charge in [0.05, 0.1) is 12.2 Å². The van der Waals surface area contributed by atoms with Crippen molar-refractivity contribution < 1.29 is 9.53 Å². The smallest absolute Gasteiger partial charge is 0.138 e.